The van der Waals surface area contributed by atoms with Crippen LogP contribution in [-0.2, 0) is 28.7 Å². The Labute approximate surface area is 240 Å². The lowest BCUT2D eigenvalue weighted by molar-refractivity contribution is -0.136. The number of carbonyl (C=O) groups is 5. The maximum Gasteiger partial charge on any atom is 0.246 e. The number of ketones is 1. The van der Waals surface area contributed by atoms with Gasteiger partial charge in [0.2, 0.25) is 23.6 Å². The van der Waals surface area contributed by atoms with Crippen molar-refractivity contribution in [3.63, 3.8) is 0 Å². The van der Waals surface area contributed by atoms with Crippen LogP contribution >= 0.6 is 0 Å². The fraction of sp³-hybridized carbons (Fsp3) is 0.759. The van der Waals surface area contributed by atoms with Crippen molar-refractivity contribution in [2.24, 2.45) is 11.8 Å². The van der Waals surface area contributed by atoms with E-state index in [9.17, 15) is 24.0 Å². The van der Waals surface area contributed by atoms with E-state index < -0.39 is 29.8 Å². The molecule has 0 rings (SSSR count). The standard InChI is InChI=1S/C29H53N5O6/c1-8-13-23(35)18-31-28(38)24(14-11-12-17-34(9-2)10-3)32-29(39)27(22(6)7)33-26(37)20-40-19-25(36)30-16-15-21(4)5/h8,21-22,24,27H,1,9-20H2,2-7H3,(H,30,36)(H,31,38)(H,32,39)(H,33,37)/t24-,27-/m0/s1. The van der Waals surface area contributed by atoms with Crippen LogP contribution in [0.5, 0.6) is 0 Å². The van der Waals surface area contributed by atoms with Crippen LogP contribution in [0.15, 0.2) is 12.7 Å². The quantitative estimate of drug-likeness (QED) is 0.108. The van der Waals surface area contributed by atoms with Crippen LogP contribution in [0.3, 0.4) is 0 Å². The van der Waals surface area contributed by atoms with Crippen LogP contribution in [-0.4, -0.2) is 92.3 Å². The lowest BCUT2D eigenvalue weighted by atomic mass is 10.0. The number of hydrogen-bond acceptors (Lipinski definition) is 7. The molecule has 0 aliphatic heterocycles. The Morgan fingerprint density at radius 2 is 1.50 bits per heavy atom. The van der Waals surface area contributed by atoms with Gasteiger partial charge in [0.05, 0.1) is 6.54 Å². The van der Waals surface area contributed by atoms with E-state index in [0.717, 1.165) is 32.5 Å². The summed E-state index contributed by atoms with van der Waals surface area (Å²) in [6.45, 7) is 17.9. The molecule has 4 amide bonds. The molecule has 0 aliphatic carbocycles. The van der Waals surface area contributed by atoms with Gasteiger partial charge in [-0.1, -0.05) is 47.6 Å². The fourth-order valence-corrected chi connectivity index (χ4v) is 3.83. The molecule has 40 heavy (non-hydrogen) atoms. The van der Waals surface area contributed by atoms with E-state index in [1.54, 1.807) is 13.8 Å². The molecule has 4 N–H and O–H groups in total. The molecule has 0 spiro atoms. The molecule has 0 saturated heterocycles. The molecular weight excluding hydrogens is 514 g/mol. The smallest absolute Gasteiger partial charge is 0.246 e. The number of nitrogens with one attached hydrogen (secondary N) is 4. The number of rotatable bonds is 23. The number of unbranched alkanes of at least 4 members (excludes halogenated alkanes) is 1. The van der Waals surface area contributed by atoms with Gasteiger partial charge in [-0.25, -0.2) is 0 Å². The van der Waals surface area contributed by atoms with E-state index in [1.807, 2.05) is 0 Å². The Bertz CT molecular complexity index is 798. The van der Waals surface area contributed by atoms with E-state index in [2.05, 4.69) is 60.4 Å². The van der Waals surface area contributed by atoms with Gasteiger partial charge >= 0.3 is 0 Å². The van der Waals surface area contributed by atoms with E-state index in [0.29, 0.717) is 25.3 Å². The molecule has 0 bridgehead atoms. The number of nitrogens with zero attached hydrogens (tertiary/aromatic N) is 1. The zero-order valence-electron chi connectivity index (χ0n) is 25.5. The van der Waals surface area contributed by atoms with E-state index in [1.165, 1.54) is 6.08 Å². The van der Waals surface area contributed by atoms with Gasteiger partial charge in [0.25, 0.3) is 0 Å². The lowest BCUT2D eigenvalue weighted by Gasteiger charge is -2.25. The summed E-state index contributed by atoms with van der Waals surface area (Å²) in [5, 5.41) is 10.7. The third-order valence-corrected chi connectivity index (χ3v) is 6.35. The molecule has 2 atom stereocenters. The molecule has 0 radical (unpaired) electrons. The minimum atomic E-state index is -0.913. The summed E-state index contributed by atoms with van der Waals surface area (Å²) in [4.78, 5) is 64.5. The summed E-state index contributed by atoms with van der Waals surface area (Å²) in [6, 6.07) is -1.77. The van der Waals surface area contributed by atoms with Crippen LogP contribution in [0.1, 0.15) is 73.6 Å². The van der Waals surface area contributed by atoms with Crippen molar-refractivity contribution in [1.29, 1.82) is 0 Å². The van der Waals surface area contributed by atoms with E-state index >= 15 is 0 Å². The molecule has 0 aromatic heterocycles. The molecule has 0 heterocycles. The maximum atomic E-state index is 13.2. The fourth-order valence-electron chi connectivity index (χ4n) is 3.83. The summed E-state index contributed by atoms with van der Waals surface area (Å²) in [6.07, 6.45) is 4.40. The predicted molar refractivity (Wildman–Crippen MR) is 156 cm³/mol. The first-order chi connectivity index (χ1) is 18.9. The van der Waals surface area contributed by atoms with Crippen molar-refractivity contribution in [3.8, 4) is 0 Å². The number of Topliss-reactive ketones (excluding diaryl/α,β-unsaturated/α-hetero) is 1. The SMILES string of the molecule is C=CCC(=O)CNC(=O)[C@H](CCCCN(CC)CC)NC(=O)[C@@H](NC(=O)COCC(=O)NCCC(C)C)C(C)C. The number of carbonyl (C=O) groups excluding carboxylic acids is 5. The zero-order valence-corrected chi connectivity index (χ0v) is 25.5. The van der Waals surface area contributed by atoms with Gasteiger partial charge < -0.3 is 30.9 Å². The van der Waals surface area contributed by atoms with Crippen LogP contribution in [0.4, 0.5) is 0 Å². The van der Waals surface area contributed by atoms with Crippen molar-refractivity contribution in [1.82, 2.24) is 26.2 Å². The van der Waals surface area contributed by atoms with Gasteiger partial charge in [-0.05, 0) is 57.2 Å². The number of hydrogen-bond donors (Lipinski definition) is 4. The third-order valence-electron chi connectivity index (χ3n) is 6.35. The number of allylic oxidation sites excluding steroid dienone is 1. The first kappa shape index (κ1) is 37.2. The molecule has 0 unspecified atom stereocenters. The Morgan fingerprint density at radius 1 is 0.850 bits per heavy atom. The summed E-state index contributed by atoms with van der Waals surface area (Å²) in [5.74, 6) is -1.80. The highest BCUT2D eigenvalue weighted by Gasteiger charge is 2.29. The van der Waals surface area contributed by atoms with E-state index in [-0.39, 0.29) is 43.8 Å². The molecule has 0 aromatic rings. The zero-order chi connectivity index (χ0) is 30.5. The Morgan fingerprint density at radius 3 is 2.08 bits per heavy atom. The Hall–Kier alpha value is -2.79. The highest BCUT2D eigenvalue weighted by molar-refractivity contribution is 5.94. The normalized spacial score (nSPS) is 12.6. The van der Waals surface area contributed by atoms with Crippen molar-refractivity contribution >= 4 is 29.4 Å². The Kier molecular flexibility index (Phi) is 20.4. The molecule has 11 heteroatoms. The minimum Gasteiger partial charge on any atom is -0.362 e. The van der Waals surface area contributed by atoms with Crippen molar-refractivity contribution in [2.75, 3.05) is 45.9 Å². The van der Waals surface area contributed by atoms with Crippen LogP contribution in [0.2, 0.25) is 0 Å². The monoisotopic (exact) mass is 567 g/mol. The highest BCUT2D eigenvalue weighted by Crippen LogP contribution is 2.07. The molecule has 0 aliphatic rings. The average Bonchev–Trinajstić information content (AvgIpc) is 2.89. The minimum absolute atomic E-state index is 0.143. The third kappa shape index (κ3) is 17.7. The lowest BCUT2D eigenvalue weighted by Crippen LogP contribution is -2.56. The molecule has 230 valence electrons. The van der Waals surface area contributed by atoms with Gasteiger partial charge in [0.1, 0.15) is 25.3 Å². The van der Waals surface area contributed by atoms with E-state index in [4.69, 9.17) is 4.74 Å². The molecule has 0 aromatic carbocycles. The largest absolute Gasteiger partial charge is 0.362 e. The predicted octanol–water partition coefficient (Wildman–Crippen LogP) is 1.56. The summed E-state index contributed by atoms with van der Waals surface area (Å²) in [5.41, 5.74) is 0. The average molecular weight is 568 g/mol. The molecule has 11 nitrogen and oxygen atoms in total. The second-order valence-electron chi connectivity index (χ2n) is 10.6. The second-order valence-corrected chi connectivity index (χ2v) is 10.6. The first-order valence-electron chi connectivity index (χ1n) is 14.5. The van der Waals surface area contributed by atoms with Gasteiger partial charge in [-0.15, -0.1) is 6.58 Å². The van der Waals surface area contributed by atoms with Gasteiger partial charge in [-0.3, -0.25) is 24.0 Å². The molecule has 0 fully saturated rings. The van der Waals surface area contributed by atoms with Crippen molar-refractivity contribution in [2.45, 2.75) is 85.7 Å². The van der Waals surface area contributed by atoms with Crippen LogP contribution < -0.4 is 21.3 Å². The first-order valence-corrected chi connectivity index (χ1v) is 14.5. The number of amides is 4. The Balaban J connectivity index is 5.06. The van der Waals surface area contributed by atoms with Crippen molar-refractivity contribution in [3.05, 3.63) is 12.7 Å². The summed E-state index contributed by atoms with van der Waals surface area (Å²) in [7, 11) is 0. The van der Waals surface area contributed by atoms with Gasteiger partial charge in [0.15, 0.2) is 5.78 Å². The number of ether oxygens (including phenoxy) is 1. The van der Waals surface area contributed by atoms with Crippen molar-refractivity contribution < 1.29 is 28.7 Å². The topological polar surface area (TPSA) is 146 Å². The second kappa shape index (κ2) is 22.0. The summed E-state index contributed by atoms with van der Waals surface area (Å²) < 4.78 is 5.21. The molecular formula is C29H53N5O6. The van der Waals surface area contributed by atoms with Gasteiger partial charge in [0, 0.05) is 13.0 Å². The molecule has 0 saturated carbocycles. The van der Waals surface area contributed by atoms with Crippen LogP contribution in [0.25, 0.3) is 0 Å². The van der Waals surface area contributed by atoms with Crippen LogP contribution in [0, 0.1) is 11.8 Å². The maximum absolute atomic E-state index is 13.2. The highest BCUT2D eigenvalue weighted by atomic mass is 16.5. The summed E-state index contributed by atoms with van der Waals surface area (Å²) >= 11 is 0. The van der Waals surface area contributed by atoms with Gasteiger partial charge in [-0.2, -0.15) is 0 Å².